The molecule has 0 saturated heterocycles. The van der Waals surface area contributed by atoms with Gasteiger partial charge in [-0.15, -0.1) is 0 Å². The maximum atomic E-state index is 12.9. The first kappa shape index (κ1) is 49.4. The van der Waals surface area contributed by atoms with E-state index in [4.69, 9.17) is 9.47 Å². The van der Waals surface area contributed by atoms with Gasteiger partial charge in [0.05, 0.1) is 0 Å². The zero-order valence-corrected chi connectivity index (χ0v) is 34.3. The smallest absolute Gasteiger partial charge is 0.337 e. The number of hydrogen-bond donors (Lipinski definition) is 2. The Morgan fingerprint density at radius 3 is 1.22 bits per heavy atom. The van der Waals surface area contributed by atoms with Gasteiger partial charge in [-0.3, -0.25) is 9.59 Å². The first-order chi connectivity index (χ1) is 24.8. The molecule has 7 nitrogen and oxygen atoms in total. The number of hydrogen-bond acceptors (Lipinski definition) is 6. The van der Waals surface area contributed by atoms with Crippen molar-refractivity contribution in [3.63, 3.8) is 0 Å². The van der Waals surface area contributed by atoms with Crippen LogP contribution in [0.2, 0.25) is 0 Å². The van der Waals surface area contributed by atoms with E-state index in [9.17, 15) is 19.5 Å². The van der Waals surface area contributed by atoms with Crippen LogP contribution >= 0.6 is 0 Å². The van der Waals surface area contributed by atoms with E-state index in [1.54, 1.807) is 6.92 Å². The van der Waals surface area contributed by atoms with Crippen LogP contribution in [0.5, 0.6) is 0 Å². The molecule has 0 fully saturated rings. The Balaban J connectivity index is 4.13. The van der Waals surface area contributed by atoms with E-state index in [2.05, 4.69) is 19.2 Å². The summed E-state index contributed by atoms with van der Waals surface area (Å²) in [6, 6.07) is 0. The highest BCUT2D eigenvalue weighted by atomic mass is 16.6. The first-order valence-electron chi connectivity index (χ1n) is 22.1. The molecular formula is C44H85NO6. The first-order valence-corrected chi connectivity index (χ1v) is 22.1. The van der Waals surface area contributed by atoms with E-state index >= 15 is 0 Å². The van der Waals surface area contributed by atoms with Gasteiger partial charge in [-0.1, -0.05) is 207 Å². The zero-order valence-electron chi connectivity index (χ0n) is 34.3. The van der Waals surface area contributed by atoms with Crippen molar-refractivity contribution in [1.82, 2.24) is 5.32 Å². The molecule has 302 valence electrons. The Hall–Kier alpha value is -1.63. The third-order valence-electron chi connectivity index (χ3n) is 10.4. The molecule has 0 aromatic rings. The van der Waals surface area contributed by atoms with E-state index in [1.165, 1.54) is 167 Å². The number of esters is 2. The summed E-state index contributed by atoms with van der Waals surface area (Å²) in [5.41, 5.74) is -1.65. The number of rotatable bonds is 39. The summed E-state index contributed by atoms with van der Waals surface area (Å²) in [7, 11) is 0. The second-order valence-electron chi connectivity index (χ2n) is 15.5. The highest BCUT2D eigenvalue weighted by Crippen LogP contribution is 2.16. The molecule has 2 unspecified atom stereocenters. The average molecular weight is 724 g/mol. The third kappa shape index (κ3) is 32.7. The van der Waals surface area contributed by atoms with Crippen molar-refractivity contribution in [2.45, 2.75) is 251 Å². The predicted molar refractivity (Wildman–Crippen MR) is 214 cm³/mol. The van der Waals surface area contributed by atoms with E-state index in [1.807, 2.05) is 0 Å². The van der Waals surface area contributed by atoms with Crippen LogP contribution in [0.4, 0.5) is 0 Å². The van der Waals surface area contributed by atoms with Crippen LogP contribution in [-0.4, -0.2) is 47.8 Å². The van der Waals surface area contributed by atoms with E-state index in [-0.39, 0.29) is 12.8 Å². The van der Waals surface area contributed by atoms with Crippen molar-refractivity contribution in [1.29, 1.82) is 0 Å². The van der Waals surface area contributed by atoms with Crippen LogP contribution in [0.15, 0.2) is 0 Å². The van der Waals surface area contributed by atoms with Crippen LogP contribution in [0.3, 0.4) is 0 Å². The lowest BCUT2D eigenvalue weighted by Crippen LogP contribution is -2.44. The summed E-state index contributed by atoms with van der Waals surface area (Å²) in [5.74, 6) is -1.73. The molecule has 0 aliphatic rings. The lowest BCUT2D eigenvalue weighted by molar-refractivity contribution is -0.173. The maximum absolute atomic E-state index is 12.9. The second-order valence-corrected chi connectivity index (χ2v) is 15.5. The standard InChI is InChI=1S/C44H85NO6/c1-5-8-10-12-14-16-18-20-22-24-26-28-30-32-34-36-38-45-42(47)40(39-50-43(48)44(4,49)7-3)51-41(46)37-35-33-31-29-27-25-23-21-19-17-15-13-11-9-6-2/h40,49H,5-39H2,1-4H3,(H,45,47). The number of amides is 1. The summed E-state index contributed by atoms with van der Waals surface area (Å²) in [4.78, 5) is 37.9. The molecule has 0 aliphatic carbocycles. The second kappa shape index (κ2) is 36.7. The average Bonchev–Trinajstić information content (AvgIpc) is 3.12. The normalized spacial score (nSPS) is 13.1. The number of ether oxygens (including phenoxy) is 2. The monoisotopic (exact) mass is 724 g/mol. The van der Waals surface area contributed by atoms with Gasteiger partial charge in [0.15, 0.2) is 5.60 Å². The molecule has 0 aromatic heterocycles. The predicted octanol–water partition coefficient (Wildman–Crippen LogP) is 12.2. The van der Waals surface area contributed by atoms with Gasteiger partial charge in [0, 0.05) is 13.0 Å². The van der Waals surface area contributed by atoms with Crippen molar-refractivity contribution >= 4 is 17.8 Å². The number of carbonyl (C=O) groups is 3. The van der Waals surface area contributed by atoms with Gasteiger partial charge in [-0.2, -0.15) is 0 Å². The summed E-state index contributed by atoms with van der Waals surface area (Å²) >= 11 is 0. The highest BCUT2D eigenvalue weighted by Gasteiger charge is 2.32. The number of aliphatic hydroxyl groups is 1. The fourth-order valence-corrected chi connectivity index (χ4v) is 6.47. The Bertz CT molecular complexity index is 800. The zero-order chi connectivity index (χ0) is 37.7. The lowest BCUT2D eigenvalue weighted by Gasteiger charge is -2.22. The summed E-state index contributed by atoms with van der Waals surface area (Å²) in [6.45, 7) is 7.69. The molecule has 2 atom stereocenters. The molecule has 0 rings (SSSR count). The van der Waals surface area contributed by atoms with Gasteiger partial charge >= 0.3 is 11.9 Å². The molecule has 0 aliphatic heterocycles. The van der Waals surface area contributed by atoms with E-state index in [0.717, 1.165) is 32.1 Å². The van der Waals surface area contributed by atoms with Crippen molar-refractivity contribution in [2.75, 3.05) is 13.2 Å². The minimum absolute atomic E-state index is 0.181. The largest absolute Gasteiger partial charge is 0.459 e. The number of carbonyl (C=O) groups excluding carboxylic acids is 3. The van der Waals surface area contributed by atoms with Gasteiger partial charge in [0.25, 0.3) is 5.91 Å². The molecule has 1 amide bonds. The molecule has 51 heavy (non-hydrogen) atoms. The van der Waals surface area contributed by atoms with Crippen LogP contribution in [-0.2, 0) is 23.9 Å². The fraction of sp³-hybridized carbons (Fsp3) is 0.932. The van der Waals surface area contributed by atoms with Crippen LogP contribution < -0.4 is 5.32 Å². The highest BCUT2D eigenvalue weighted by molar-refractivity contribution is 5.84. The molecular weight excluding hydrogens is 638 g/mol. The molecule has 7 heteroatoms. The van der Waals surface area contributed by atoms with Crippen LogP contribution in [0, 0.1) is 0 Å². The molecule has 0 bridgehead atoms. The SMILES string of the molecule is CCCCCCCCCCCCCCCCCCNC(=O)C(COC(=O)C(C)(O)CC)OC(=O)CCCCCCCCCCCCCCCCC. The van der Waals surface area contributed by atoms with Crippen molar-refractivity contribution in [2.24, 2.45) is 0 Å². The Morgan fingerprint density at radius 2 is 0.863 bits per heavy atom. The number of unbranched alkanes of at least 4 members (excludes halogenated alkanes) is 29. The molecule has 2 N–H and O–H groups in total. The lowest BCUT2D eigenvalue weighted by atomic mass is 10.0. The maximum Gasteiger partial charge on any atom is 0.337 e. The number of nitrogens with one attached hydrogen (secondary N) is 1. The summed E-state index contributed by atoms with van der Waals surface area (Å²) < 4.78 is 10.7. The Morgan fingerprint density at radius 1 is 0.529 bits per heavy atom. The molecule has 0 aromatic carbocycles. The van der Waals surface area contributed by atoms with Crippen LogP contribution in [0.1, 0.15) is 240 Å². The Labute approximate surface area is 315 Å². The van der Waals surface area contributed by atoms with E-state index < -0.39 is 36.2 Å². The molecule has 0 heterocycles. The Kier molecular flexibility index (Phi) is 35.5. The van der Waals surface area contributed by atoms with Gasteiger partial charge in [0.2, 0.25) is 6.10 Å². The van der Waals surface area contributed by atoms with Gasteiger partial charge in [-0.05, 0) is 26.2 Å². The molecule has 0 saturated carbocycles. The topological polar surface area (TPSA) is 102 Å². The van der Waals surface area contributed by atoms with Gasteiger partial charge in [-0.25, -0.2) is 4.79 Å². The summed E-state index contributed by atoms with van der Waals surface area (Å²) in [5, 5.41) is 13.1. The van der Waals surface area contributed by atoms with Gasteiger partial charge in [0.1, 0.15) is 6.61 Å². The summed E-state index contributed by atoms with van der Waals surface area (Å²) in [6.07, 6.45) is 38.6. The fourth-order valence-electron chi connectivity index (χ4n) is 6.47. The quantitative estimate of drug-likeness (QED) is 0.0483. The molecule has 0 radical (unpaired) electrons. The molecule has 0 spiro atoms. The van der Waals surface area contributed by atoms with Crippen molar-refractivity contribution in [3.05, 3.63) is 0 Å². The minimum atomic E-state index is -1.65. The van der Waals surface area contributed by atoms with Gasteiger partial charge < -0.3 is 19.9 Å². The third-order valence-corrected chi connectivity index (χ3v) is 10.4. The van der Waals surface area contributed by atoms with E-state index in [0.29, 0.717) is 13.0 Å². The van der Waals surface area contributed by atoms with Crippen molar-refractivity contribution < 1.29 is 29.0 Å². The van der Waals surface area contributed by atoms with Crippen LogP contribution in [0.25, 0.3) is 0 Å². The van der Waals surface area contributed by atoms with Crippen molar-refractivity contribution in [3.8, 4) is 0 Å². The minimum Gasteiger partial charge on any atom is -0.459 e.